The van der Waals surface area contributed by atoms with Crippen LogP contribution in [0.3, 0.4) is 0 Å². The van der Waals surface area contributed by atoms with Gasteiger partial charge in [-0.25, -0.2) is 14.8 Å². The van der Waals surface area contributed by atoms with Gasteiger partial charge in [0, 0.05) is 34.2 Å². The van der Waals surface area contributed by atoms with E-state index in [1.165, 1.54) is 0 Å². The molecule has 0 unspecified atom stereocenters. The molecular weight excluding hydrogens is 437 g/mol. The number of fused-ring (bicyclic) bond motifs is 1. The van der Waals surface area contributed by atoms with Gasteiger partial charge in [0.05, 0.1) is 12.7 Å². The number of carboxylic acids is 1. The lowest BCUT2D eigenvalue weighted by Crippen LogP contribution is -2.00. The van der Waals surface area contributed by atoms with Crippen LogP contribution in [0, 0.1) is 0 Å². The number of nitrogens with zero attached hydrogens (tertiary/aromatic N) is 2. The van der Waals surface area contributed by atoms with Gasteiger partial charge in [-0.2, -0.15) is 0 Å². The highest BCUT2D eigenvalue weighted by Crippen LogP contribution is 2.42. The van der Waals surface area contributed by atoms with Crippen molar-refractivity contribution in [2.24, 2.45) is 0 Å². The second-order valence-electron chi connectivity index (χ2n) is 6.75. The predicted molar refractivity (Wildman–Crippen MR) is 123 cm³/mol. The number of carboxylic acid groups (broad SMARTS) is 1. The maximum Gasteiger partial charge on any atom is 0.335 e. The number of ether oxygens (including phenoxy) is 1. The standard InChI is InChI=1S/C23H17Cl2N3O3/c1-26-23-27-11-19-17(14-7-15(24)9-16(25)8-14)10-18(21(31-2)20(19)28-23)12-3-5-13(6-4-12)22(29)30/h3-11H,1-2H3,(H,29,30)(H,26,27,28). The molecule has 4 rings (SSSR count). The van der Waals surface area contributed by atoms with E-state index in [4.69, 9.17) is 27.9 Å². The number of carbonyl (C=O) groups is 1. The quantitative estimate of drug-likeness (QED) is 0.384. The van der Waals surface area contributed by atoms with Crippen LogP contribution in [0.25, 0.3) is 33.2 Å². The van der Waals surface area contributed by atoms with Gasteiger partial charge in [-0.15, -0.1) is 0 Å². The average molecular weight is 454 g/mol. The van der Waals surface area contributed by atoms with E-state index >= 15 is 0 Å². The minimum atomic E-state index is -0.988. The second-order valence-corrected chi connectivity index (χ2v) is 7.62. The first-order valence-corrected chi connectivity index (χ1v) is 10.0. The van der Waals surface area contributed by atoms with Crippen LogP contribution in [0.1, 0.15) is 10.4 Å². The zero-order chi connectivity index (χ0) is 22.1. The van der Waals surface area contributed by atoms with Crippen molar-refractivity contribution in [1.82, 2.24) is 9.97 Å². The van der Waals surface area contributed by atoms with Crippen molar-refractivity contribution in [2.75, 3.05) is 19.5 Å². The Morgan fingerprint density at radius 1 is 1.00 bits per heavy atom. The number of aromatic nitrogens is 2. The van der Waals surface area contributed by atoms with Gasteiger partial charge in [0.25, 0.3) is 0 Å². The number of anilines is 1. The van der Waals surface area contributed by atoms with Crippen LogP contribution in [0.15, 0.2) is 54.7 Å². The van der Waals surface area contributed by atoms with Crippen molar-refractivity contribution in [2.45, 2.75) is 0 Å². The number of aromatic carboxylic acids is 1. The average Bonchev–Trinajstić information content (AvgIpc) is 2.76. The Morgan fingerprint density at radius 3 is 2.26 bits per heavy atom. The summed E-state index contributed by atoms with van der Waals surface area (Å²) in [6.45, 7) is 0. The smallest absolute Gasteiger partial charge is 0.335 e. The van der Waals surface area contributed by atoms with Gasteiger partial charge in [-0.3, -0.25) is 0 Å². The molecule has 0 aliphatic carbocycles. The van der Waals surface area contributed by atoms with Gasteiger partial charge < -0.3 is 15.2 Å². The molecule has 1 aromatic heterocycles. The van der Waals surface area contributed by atoms with Crippen LogP contribution < -0.4 is 10.1 Å². The van der Waals surface area contributed by atoms with Crippen molar-refractivity contribution in [3.63, 3.8) is 0 Å². The number of halogens is 2. The summed E-state index contributed by atoms with van der Waals surface area (Å²) in [5, 5.41) is 13.9. The summed E-state index contributed by atoms with van der Waals surface area (Å²) in [5.74, 6) is 0.00536. The van der Waals surface area contributed by atoms with Gasteiger partial charge in [0.2, 0.25) is 5.95 Å². The zero-order valence-electron chi connectivity index (χ0n) is 16.6. The maximum absolute atomic E-state index is 11.2. The van der Waals surface area contributed by atoms with Gasteiger partial charge in [0.1, 0.15) is 5.52 Å². The summed E-state index contributed by atoms with van der Waals surface area (Å²) in [6.07, 6.45) is 1.72. The summed E-state index contributed by atoms with van der Waals surface area (Å²) >= 11 is 12.5. The van der Waals surface area contributed by atoms with Crippen LogP contribution in [-0.2, 0) is 0 Å². The summed E-state index contributed by atoms with van der Waals surface area (Å²) in [6, 6.07) is 13.8. The first-order chi connectivity index (χ1) is 14.9. The molecule has 0 fully saturated rings. The summed E-state index contributed by atoms with van der Waals surface area (Å²) in [5.41, 5.74) is 3.95. The molecule has 0 spiro atoms. The van der Waals surface area contributed by atoms with Gasteiger partial charge in [-0.05, 0) is 53.1 Å². The van der Waals surface area contributed by atoms with Crippen molar-refractivity contribution in [1.29, 1.82) is 0 Å². The van der Waals surface area contributed by atoms with Crippen LogP contribution in [0.5, 0.6) is 5.75 Å². The van der Waals surface area contributed by atoms with E-state index in [1.807, 2.05) is 18.2 Å². The fourth-order valence-corrected chi connectivity index (χ4v) is 3.98. The van der Waals surface area contributed by atoms with E-state index < -0.39 is 5.97 Å². The summed E-state index contributed by atoms with van der Waals surface area (Å²) < 4.78 is 5.74. The zero-order valence-corrected chi connectivity index (χ0v) is 18.1. The third-order valence-electron chi connectivity index (χ3n) is 4.87. The molecule has 0 aliphatic heterocycles. The van der Waals surface area contributed by atoms with Gasteiger partial charge >= 0.3 is 5.97 Å². The maximum atomic E-state index is 11.2. The van der Waals surface area contributed by atoms with E-state index in [-0.39, 0.29) is 5.56 Å². The molecule has 4 aromatic rings. The third-order valence-corrected chi connectivity index (χ3v) is 5.31. The monoisotopic (exact) mass is 453 g/mol. The summed E-state index contributed by atoms with van der Waals surface area (Å²) in [7, 11) is 3.31. The third kappa shape index (κ3) is 4.00. The number of nitrogens with one attached hydrogen (secondary N) is 1. The number of hydrogen-bond donors (Lipinski definition) is 2. The van der Waals surface area contributed by atoms with Crippen molar-refractivity contribution >= 4 is 46.0 Å². The molecule has 156 valence electrons. The Hall–Kier alpha value is -3.35. The molecule has 0 atom stereocenters. The van der Waals surface area contributed by atoms with Gasteiger partial charge in [-0.1, -0.05) is 35.3 Å². The fourth-order valence-electron chi connectivity index (χ4n) is 3.45. The largest absolute Gasteiger partial charge is 0.494 e. The number of hydrogen-bond acceptors (Lipinski definition) is 5. The number of benzene rings is 3. The highest BCUT2D eigenvalue weighted by molar-refractivity contribution is 6.35. The Kier molecular flexibility index (Phi) is 5.67. The van der Waals surface area contributed by atoms with E-state index in [9.17, 15) is 9.90 Å². The first-order valence-electron chi connectivity index (χ1n) is 9.27. The second kappa shape index (κ2) is 8.41. The highest BCUT2D eigenvalue weighted by Gasteiger charge is 2.19. The van der Waals surface area contributed by atoms with Crippen LogP contribution in [-0.4, -0.2) is 35.2 Å². The Morgan fingerprint density at radius 2 is 1.68 bits per heavy atom. The Bertz CT molecular complexity index is 1290. The number of methoxy groups -OCH3 is 1. The van der Waals surface area contributed by atoms with Crippen LogP contribution >= 0.6 is 23.2 Å². The Balaban J connectivity index is 2.06. The molecule has 31 heavy (non-hydrogen) atoms. The molecule has 0 amide bonds. The molecule has 3 aromatic carbocycles. The van der Waals surface area contributed by atoms with E-state index in [0.29, 0.717) is 27.3 Å². The molecular formula is C23H17Cl2N3O3. The molecule has 6 nitrogen and oxygen atoms in total. The van der Waals surface area contributed by atoms with Crippen LogP contribution in [0.2, 0.25) is 10.0 Å². The minimum Gasteiger partial charge on any atom is -0.494 e. The van der Waals surface area contributed by atoms with Crippen LogP contribution in [0.4, 0.5) is 5.95 Å². The summed E-state index contributed by atoms with van der Waals surface area (Å²) in [4.78, 5) is 20.2. The van der Waals surface area contributed by atoms with Crippen molar-refractivity contribution < 1.29 is 14.6 Å². The molecule has 0 aliphatic rings. The van der Waals surface area contributed by atoms with Crippen molar-refractivity contribution in [3.05, 3.63) is 70.3 Å². The number of rotatable bonds is 5. The molecule has 1 heterocycles. The molecule has 2 N–H and O–H groups in total. The SMILES string of the molecule is CNc1ncc2c(-c3cc(Cl)cc(Cl)c3)cc(-c3ccc(C(=O)O)cc3)c(OC)c2n1. The minimum absolute atomic E-state index is 0.199. The van der Waals surface area contributed by atoms with E-state index in [0.717, 1.165) is 27.6 Å². The Labute approximate surface area is 188 Å². The lowest BCUT2D eigenvalue weighted by Gasteiger charge is -2.16. The first kappa shape index (κ1) is 20.9. The molecule has 0 saturated carbocycles. The van der Waals surface area contributed by atoms with Crippen molar-refractivity contribution in [3.8, 4) is 28.0 Å². The van der Waals surface area contributed by atoms with E-state index in [1.54, 1.807) is 50.7 Å². The lowest BCUT2D eigenvalue weighted by atomic mass is 9.94. The fraction of sp³-hybridized carbons (Fsp3) is 0.0870. The topological polar surface area (TPSA) is 84.3 Å². The molecule has 0 saturated heterocycles. The molecule has 0 bridgehead atoms. The predicted octanol–water partition coefficient (Wildman–Crippen LogP) is 6.02. The van der Waals surface area contributed by atoms with E-state index in [2.05, 4.69) is 15.3 Å². The lowest BCUT2D eigenvalue weighted by molar-refractivity contribution is 0.0697. The normalized spacial score (nSPS) is 10.8. The molecule has 8 heteroatoms. The molecule has 0 radical (unpaired) electrons. The van der Waals surface area contributed by atoms with Gasteiger partial charge in [0.15, 0.2) is 5.75 Å². The highest BCUT2D eigenvalue weighted by atomic mass is 35.5.